The molecule has 2 amide bonds. The highest BCUT2D eigenvalue weighted by atomic mass is 19.1. The number of hydrogen-bond donors (Lipinski definition) is 0. The molecular formula is C23H26FN3O3. The summed E-state index contributed by atoms with van der Waals surface area (Å²) in [5.74, 6) is -0.903. The van der Waals surface area contributed by atoms with Gasteiger partial charge in [0.05, 0.1) is 6.04 Å². The van der Waals surface area contributed by atoms with Gasteiger partial charge in [0.2, 0.25) is 5.91 Å². The number of piperazine rings is 1. The summed E-state index contributed by atoms with van der Waals surface area (Å²) in [6.45, 7) is 3.34. The fraction of sp³-hybridized carbons (Fsp3) is 0.391. The van der Waals surface area contributed by atoms with E-state index in [1.54, 1.807) is 30.1 Å². The Balaban J connectivity index is 1.45. The first-order chi connectivity index (χ1) is 14.5. The first-order valence-electron chi connectivity index (χ1n) is 10.2. The Kier molecular flexibility index (Phi) is 6.11. The highest BCUT2D eigenvalue weighted by molar-refractivity contribution is 5.86. The zero-order chi connectivity index (χ0) is 21.1. The van der Waals surface area contributed by atoms with Crippen LogP contribution in [0.5, 0.6) is 0 Å². The van der Waals surface area contributed by atoms with Crippen LogP contribution >= 0.6 is 0 Å². The van der Waals surface area contributed by atoms with Gasteiger partial charge in [-0.3, -0.25) is 14.5 Å². The van der Waals surface area contributed by atoms with Gasteiger partial charge < -0.3 is 14.5 Å². The standard InChI is InChI=1S/C23H26FN3O3/c1-25-20(28)16-30-22(21(25)18-9-5-6-10-19(18)24)23(29)27-13-11-26(12-14-27)15-17-7-3-2-4-8-17/h2-10,21-22H,11-16H2,1H3. The third-order valence-corrected chi connectivity index (χ3v) is 5.88. The maximum absolute atomic E-state index is 14.5. The molecule has 0 saturated carbocycles. The Bertz CT molecular complexity index is 900. The number of carbonyl (C=O) groups excluding carboxylic acids is 2. The highest BCUT2D eigenvalue weighted by Crippen LogP contribution is 2.32. The number of nitrogens with zero attached hydrogens (tertiary/aromatic N) is 3. The molecule has 2 aliphatic rings. The summed E-state index contributed by atoms with van der Waals surface area (Å²) in [5.41, 5.74) is 1.54. The lowest BCUT2D eigenvalue weighted by Crippen LogP contribution is -2.57. The van der Waals surface area contributed by atoms with E-state index in [0.29, 0.717) is 18.7 Å². The fourth-order valence-corrected chi connectivity index (χ4v) is 4.15. The van der Waals surface area contributed by atoms with Crippen LogP contribution in [-0.2, 0) is 20.9 Å². The van der Waals surface area contributed by atoms with E-state index in [9.17, 15) is 14.0 Å². The van der Waals surface area contributed by atoms with E-state index in [0.717, 1.165) is 19.6 Å². The van der Waals surface area contributed by atoms with Crippen LogP contribution in [0, 0.1) is 5.82 Å². The Labute approximate surface area is 175 Å². The van der Waals surface area contributed by atoms with Crippen LogP contribution < -0.4 is 0 Å². The smallest absolute Gasteiger partial charge is 0.254 e. The van der Waals surface area contributed by atoms with Crippen molar-refractivity contribution in [2.45, 2.75) is 18.7 Å². The highest BCUT2D eigenvalue weighted by Gasteiger charge is 2.43. The average Bonchev–Trinajstić information content (AvgIpc) is 2.77. The third-order valence-electron chi connectivity index (χ3n) is 5.88. The topological polar surface area (TPSA) is 53.1 Å². The second kappa shape index (κ2) is 8.93. The van der Waals surface area contributed by atoms with E-state index in [4.69, 9.17) is 4.74 Å². The van der Waals surface area contributed by atoms with Crippen LogP contribution in [0.1, 0.15) is 17.2 Å². The van der Waals surface area contributed by atoms with Gasteiger partial charge >= 0.3 is 0 Å². The van der Waals surface area contributed by atoms with Gasteiger partial charge in [-0.15, -0.1) is 0 Å². The van der Waals surface area contributed by atoms with Gasteiger partial charge in [0, 0.05) is 45.3 Å². The van der Waals surface area contributed by atoms with Gasteiger partial charge in [-0.1, -0.05) is 48.5 Å². The molecule has 2 atom stereocenters. The van der Waals surface area contributed by atoms with Crippen molar-refractivity contribution in [2.24, 2.45) is 0 Å². The Morgan fingerprint density at radius 1 is 1.03 bits per heavy atom. The van der Waals surface area contributed by atoms with Crippen molar-refractivity contribution >= 4 is 11.8 Å². The number of amides is 2. The van der Waals surface area contributed by atoms with Crippen LogP contribution in [0.25, 0.3) is 0 Å². The number of morpholine rings is 1. The molecule has 0 N–H and O–H groups in total. The van der Waals surface area contributed by atoms with Crippen molar-refractivity contribution in [3.63, 3.8) is 0 Å². The molecule has 0 radical (unpaired) electrons. The van der Waals surface area contributed by atoms with Gasteiger partial charge in [0.1, 0.15) is 12.4 Å². The quantitative estimate of drug-likeness (QED) is 0.773. The van der Waals surface area contributed by atoms with Crippen LogP contribution in [0.15, 0.2) is 54.6 Å². The van der Waals surface area contributed by atoms with Crippen molar-refractivity contribution in [3.8, 4) is 0 Å². The number of carbonyl (C=O) groups is 2. The predicted molar refractivity (Wildman–Crippen MR) is 110 cm³/mol. The predicted octanol–water partition coefficient (Wildman–Crippen LogP) is 2.07. The second-order valence-electron chi connectivity index (χ2n) is 7.79. The Hall–Kier alpha value is -2.77. The van der Waals surface area contributed by atoms with Gasteiger partial charge in [-0.2, -0.15) is 0 Å². The molecule has 2 aromatic rings. The molecule has 0 aliphatic carbocycles. The van der Waals surface area contributed by atoms with E-state index in [2.05, 4.69) is 17.0 Å². The minimum Gasteiger partial charge on any atom is -0.356 e. The number of rotatable bonds is 4. The molecular weight excluding hydrogens is 385 g/mol. The van der Waals surface area contributed by atoms with Crippen molar-refractivity contribution in [2.75, 3.05) is 39.8 Å². The Morgan fingerprint density at radius 3 is 2.40 bits per heavy atom. The second-order valence-corrected chi connectivity index (χ2v) is 7.79. The summed E-state index contributed by atoms with van der Waals surface area (Å²) in [7, 11) is 1.60. The molecule has 0 bridgehead atoms. The molecule has 158 valence electrons. The van der Waals surface area contributed by atoms with E-state index >= 15 is 0 Å². The minimum absolute atomic E-state index is 0.175. The van der Waals surface area contributed by atoms with Crippen LogP contribution in [0.4, 0.5) is 4.39 Å². The number of benzene rings is 2. The SMILES string of the molecule is CN1C(=O)COC(C(=O)N2CCN(Cc3ccccc3)CC2)C1c1ccccc1F. The van der Waals surface area contributed by atoms with E-state index in [1.165, 1.54) is 16.5 Å². The van der Waals surface area contributed by atoms with Gasteiger partial charge in [-0.25, -0.2) is 4.39 Å². The fourth-order valence-electron chi connectivity index (χ4n) is 4.15. The molecule has 2 heterocycles. The first kappa shape index (κ1) is 20.5. The van der Waals surface area contributed by atoms with Crippen molar-refractivity contribution < 1.29 is 18.7 Å². The maximum Gasteiger partial charge on any atom is 0.254 e. The molecule has 2 fully saturated rings. The third kappa shape index (κ3) is 4.22. The normalized spacial score (nSPS) is 22.9. The maximum atomic E-state index is 14.5. The zero-order valence-electron chi connectivity index (χ0n) is 17.0. The summed E-state index contributed by atoms with van der Waals surface area (Å²) in [4.78, 5) is 31.0. The van der Waals surface area contributed by atoms with Crippen LogP contribution in [-0.4, -0.2) is 72.5 Å². The zero-order valence-corrected chi connectivity index (χ0v) is 17.0. The number of hydrogen-bond acceptors (Lipinski definition) is 4. The molecule has 30 heavy (non-hydrogen) atoms. The molecule has 2 saturated heterocycles. The van der Waals surface area contributed by atoms with Crippen molar-refractivity contribution in [3.05, 3.63) is 71.5 Å². The largest absolute Gasteiger partial charge is 0.356 e. The monoisotopic (exact) mass is 411 g/mol. The summed E-state index contributed by atoms with van der Waals surface area (Å²) in [6.07, 6.45) is -0.912. The van der Waals surface area contributed by atoms with Crippen LogP contribution in [0.2, 0.25) is 0 Å². The summed E-state index contributed by atoms with van der Waals surface area (Å²) in [5, 5.41) is 0. The molecule has 4 rings (SSSR count). The lowest BCUT2D eigenvalue weighted by atomic mass is 9.96. The lowest BCUT2D eigenvalue weighted by molar-refractivity contribution is -0.168. The molecule has 0 aromatic heterocycles. The molecule has 2 unspecified atom stereocenters. The van der Waals surface area contributed by atoms with Gasteiger partial charge in [-0.05, 0) is 11.6 Å². The van der Waals surface area contributed by atoms with E-state index in [1.807, 2.05) is 18.2 Å². The first-order valence-corrected chi connectivity index (χ1v) is 10.2. The molecule has 2 aliphatic heterocycles. The molecule has 7 heteroatoms. The molecule has 2 aromatic carbocycles. The average molecular weight is 411 g/mol. The lowest BCUT2D eigenvalue weighted by Gasteiger charge is -2.42. The molecule has 0 spiro atoms. The Morgan fingerprint density at radius 2 is 1.70 bits per heavy atom. The minimum atomic E-state index is -0.912. The van der Waals surface area contributed by atoms with Crippen LogP contribution in [0.3, 0.4) is 0 Å². The van der Waals surface area contributed by atoms with Crippen molar-refractivity contribution in [1.82, 2.24) is 14.7 Å². The van der Waals surface area contributed by atoms with Gasteiger partial charge in [0.15, 0.2) is 6.10 Å². The molecule has 6 nitrogen and oxygen atoms in total. The van der Waals surface area contributed by atoms with Crippen molar-refractivity contribution in [1.29, 1.82) is 0 Å². The van der Waals surface area contributed by atoms with E-state index < -0.39 is 18.0 Å². The number of likely N-dealkylation sites (N-methyl/N-ethyl adjacent to an activating group) is 1. The van der Waals surface area contributed by atoms with Gasteiger partial charge in [0.25, 0.3) is 5.91 Å². The van der Waals surface area contributed by atoms with E-state index in [-0.39, 0.29) is 18.4 Å². The summed E-state index contributed by atoms with van der Waals surface area (Å²) < 4.78 is 20.1. The number of ether oxygens (including phenoxy) is 1. The number of halogens is 1. The summed E-state index contributed by atoms with van der Waals surface area (Å²) >= 11 is 0. The summed E-state index contributed by atoms with van der Waals surface area (Å²) in [6, 6.07) is 15.7.